The standard InChI is InChI=1S/C32H18O2/c1-2-6-20-15-21(10-9-19(20)5-1)22-12-14-30-27(16-22)28-17-23-11-13-25-24-7-3-4-8-29(24)34-32(25)26(23)18-31(28)33-30/h1-18H. The molecule has 0 aliphatic rings. The van der Waals surface area contributed by atoms with Gasteiger partial charge in [0.2, 0.25) is 0 Å². The van der Waals surface area contributed by atoms with Crippen molar-refractivity contribution in [3.05, 3.63) is 109 Å². The molecule has 0 aliphatic carbocycles. The molecule has 0 spiro atoms. The highest BCUT2D eigenvalue weighted by molar-refractivity contribution is 6.19. The predicted molar refractivity (Wildman–Crippen MR) is 141 cm³/mol. The molecule has 0 bridgehead atoms. The van der Waals surface area contributed by atoms with Crippen molar-refractivity contribution in [2.75, 3.05) is 0 Å². The normalized spacial score (nSPS) is 12.1. The van der Waals surface area contributed by atoms with Crippen molar-refractivity contribution in [2.24, 2.45) is 0 Å². The molecule has 158 valence electrons. The first-order chi connectivity index (χ1) is 16.8. The minimum Gasteiger partial charge on any atom is -0.456 e. The lowest BCUT2D eigenvalue weighted by Gasteiger charge is -2.04. The second kappa shape index (κ2) is 6.49. The van der Waals surface area contributed by atoms with Gasteiger partial charge in [0.15, 0.2) is 0 Å². The van der Waals surface area contributed by atoms with E-state index in [1.54, 1.807) is 0 Å². The van der Waals surface area contributed by atoms with E-state index in [0.717, 1.165) is 54.6 Å². The second-order valence-corrected chi connectivity index (χ2v) is 8.98. The topological polar surface area (TPSA) is 26.3 Å². The molecule has 0 N–H and O–H groups in total. The van der Waals surface area contributed by atoms with E-state index in [2.05, 4.69) is 97.1 Å². The van der Waals surface area contributed by atoms with Crippen LogP contribution in [0.2, 0.25) is 0 Å². The molecule has 8 rings (SSSR count). The third kappa shape index (κ3) is 2.45. The first-order valence-electron chi connectivity index (χ1n) is 11.5. The Morgan fingerprint density at radius 1 is 0.353 bits per heavy atom. The zero-order valence-electron chi connectivity index (χ0n) is 18.2. The first kappa shape index (κ1) is 17.9. The third-order valence-corrected chi connectivity index (χ3v) is 7.03. The van der Waals surface area contributed by atoms with Crippen molar-refractivity contribution in [1.82, 2.24) is 0 Å². The van der Waals surface area contributed by atoms with Gasteiger partial charge in [-0.1, -0.05) is 66.7 Å². The van der Waals surface area contributed by atoms with Crippen LogP contribution in [0.25, 0.3) is 76.5 Å². The summed E-state index contributed by atoms with van der Waals surface area (Å²) in [5, 5.41) is 9.27. The fourth-order valence-electron chi connectivity index (χ4n) is 5.33. The van der Waals surface area contributed by atoms with Gasteiger partial charge in [0.05, 0.1) is 0 Å². The monoisotopic (exact) mass is 434 g/mol. The van der Waals surface area contributed by atoms with Crippen LogP contribution < -0.4 is 0 Å². The van der Waals surface area contributed by atoms with Crippen LogP contribution in [0.5, 0.6) is 0 Å². The fraction of sp³-hybridized carbons (Fsp3) is 0. The van der Waals surface area contributed by atoms with E-state index < -0.39 is 0 Å². The molecule has 0 saturated heterocycles. The van der Waals surface area contributed by atoms with Crippen LogP contribution in [-0.2, 0) is 0 Å². The smallest absolute Gasteiger partial charge is 0.143 e. The van der Waals surface area contributed by atoms with Gasteiger partial charge in [0.25, 0.3) is 0 Å². The molecule has 8 aromatic rings. The molecular weight excluding hydrogens is 416 g/mol. The maximum atomic E-state index is 6.30. The number of para-hydroxylation sites is 1. The van der Waals surface area contributed by atoms with Gasteiger partial charge in [0, 0.05) is 26.9 Å². The van der Waals surface area contributed by atoms with Gasteiger partial charge in [0.1, 0.15) is 22.3 Å². The zero-order valence-corrected chi connectivity index (χ0v) is 18.2. The molecule has 2 heteroatoms. The van der Waals surface area contributed by atoms with Crippen molar-refractivity contribution in [3.8, 4) is 11.1 Å². The molecule has 6 aromatic carbocycles. The van der Waals surface area contributed by atoms with E-state index in [-0.39, 0.29) is 0 Å². The minimum atomic E-state index is 0.881. The number of hydrogen-bond donors (Lipinski definition) is 0. The van der Waals surface area contributed by atoms with Crippen LogP contribution in [0.15, 0.2) is 118 Å². The molecule has 2 heterocycles. The molecule has 0 atom stereocenters. The van der Waals surface area contributed by atoms with Gasteiger partial charge in [-0.05, 0) is 69.8 Å². The number of furan rings is 2. The Labute approximate surface area is 194 Å². The lowest BCUT2D eigenvalue weighted by molar-refractivity contribution is 0.667. The van der Waals surface area contributed by atoms with Gasteiger partial charge in [-0.25, -0.2) is 0 Å². The van der Waals surface area contributed by atoms with E-state index in [4.69, 9.17) is 8.83 Å². The van der Waals surface area contributed by atoms with Crippen LogP contribution in [0.1, 0.15) is 0 Å². The van der Waals surface area contributed by atoms with Crippen LogP contribution in [0.3, 0.4) is 0 Å². The summed E-state index contributed by atoms with van der Waals surface area (Å²) in [7, 11) is 0. The summed E-state index contributed by atoms with van der Waals surface area (Å²) in [4.78, 5) is 0. The van der Waals surface area contributed by atoms with Gasteiger partial charge < -0.3 is 8.83 Å². The van der Waals surface area contributed by atoms with Crippen LogP contribution in [-0.4, -0.2) is 0 Å². The van der Waals surface area contributed by atoms with E-state index in [0.29, 0.717) is 0 Å². The van der Waals surface area contributed by atoms with Crippen molar-refractivity contribution >= 4 is 65.4 Å². The summed E-state index contributed by atoms with van der Waals surface area (Å²) in [5.74, 6) is 0. The second-order valence-electron chi connectivity index (χ2n) is 8.98. The Kier molecular flexibility index (Phi) is 3.42. The highest BCUT2D eigenvalue weighted by Gasteiger charge is 2.14. The van der Waals surface area contributed by atoms with Gasteiger partial charge in [-0.3, -0.25) is 0 Å². The van der Waals surface area contributed by atoms with E-state index in [1.165, 1.54) is 21.9 Å². The van der Waals surface area contributed by atoms with E-state index in [1.807, 2.05) is 12.1 Å². The number of rotatable bonds is 1. The maximum absolute atomic E-state index is 6.30. The van der Waals surface area contributed by atoms with Gasteiger partial charge in [-0.2, -0.15) is 0 Å². The van der Waals surface area contributed by atoms with Crippen molar-refractivity contribution in [3.63, 3.8) is 0 Å². The largest absolute Gasteiger partial charge is 0.456 e. The Bertz CT molecular complexity index is 2070. The van der Waals surface area contributed by atoms with Crippen molar-refractivity contribution in [2.45, 2.75) is 0 Å². The Balaban J connectivity index is 1.37. The highest BCUT2D eigenvalue weighted by atomic mass is 16.3. The number of benzene rings is 6. The van der Waals surface area contributed by atoms with E-state index in [9.17, 15) is 0 Å². The van der Waals surface area contributed by atoms with Gasteiger partial charge >= 0.3 is 0 Å². The molecule has 2 aromatic heterocycles. The number of hydrogen-bond acceptors (Lipinski definition) is 2. The maximum Gasteiger partial charge on any atom is 0.143 e. The minimum absolute atomic E-state index is 0.881. The summed E-state index contributed by atoms with van der Waals surface area (Å²) >= 11 is 0. The van der Waals surface area contributed by atoms with Gasteiger partial charge in [-0.15, -0.1) is 0 Å². The quantitative estimate of drug-likeness (QED) is 0.257. The lowest BCUT2D eigenvalue weighted by atomic mass is 9.99. The molecule has 34 heavy (non-hydrogen) atoms. The Morgan fingerprint density at radius 2 is 1.09 bits per heavy atom. The molecule has 2 nitrogen and oxygen atoms in total. The molecule has 0 saturated carbocycles. The SMILES string of the molecule is c1ccc2cc(-c3ccc4oc5cc6c(ccc7c8ccccc8oc67)cc5c4c3)ccc2c1. The van der Waals surface area contributed by atoms with Crippen molar-refractivity contribution in [1.29, 1.82) is 0 Å². The molecule has 0 amide bonds. The third-order valence-electron chi connectivity index (χ3n) is 7.03. The Hall–Kier alpha value is -4.56. The highest BCUT2D eigenvalue weighted by Crippen LogP contribution is 2.39. The fourth-order valence-corrected chi connectivity index (χ4v) is 5.33. The molecule has 0 radical (unpaired) electrons. The zero-order chi connectivity index (χ0) is 22.2. The summed E-state index contributed by atoms with van der Waals surface area (Å²) in [6.07, 6.45) is 0. The summed E-state index contributed by atoms with van der Waals surface area (Å²) in [6, 6.07) is 38.5. The number of fused-ring (bicyclic) bond motifs is 9. The average Bonchev–Trinajstić information content (AvgIpc) is 3.45. The molecule has 0 aliphatic heterocycles. The van der Waals surface area contributed by atoms with Crippen LogP contribution >= 0.6 is 0 Å². The van der Waals surface area contributed by atoms with Crippen LogP contribution in [0.4, 0.5) is 0 Å². The average molecular weight is 434 g/mol. The first-order valence-corrected chi connectivity index (χ1v) is 11.5. The summed E-state index contributed by atoms with van der Waals surface area (Å²) < 4.78 is 12.6. The lowest BCUT2D eigenvalue weighted by Crippen LogP contribution is -1.79. The summed E-state index contributed by atoms with van der Waals surface area (Å²) in [5.41, 5.74) is 6.00. The van der Waals surface area contributed by atoms with Crippen LogP contribution in [0, 0.1) is 0 Å². The van der Waals surface area contributed by atoms with E-state index >= 15 is 0 Å². The molecule has 0 fully saturated rings. The molecular formula is C32H18O2. The Morgan fingerprint density at radius 3 is 2.06 bits per heavy atom. The predicted octanol–water partition coefficient (Wildman–Crippen LogP) is 9.46. The summed E-state index contributed by atoms with van der Waals surface area (Å²) in [6.45, 7) is 0. The molecule has 0 unspecified atom stereocenters. The van der Waals surface area contributed by atoms with Crippen molar-refractivity contribution < 1.29 is 8.83 Å².